The summed E-state index contributed by atoms with van der Waals surface area (Å²) in [5.74, 6) is 2.14. The van der Waals surface area contributed by atoms with E-state index in [-0.39, 0.29) is 0 Å². The Hall–Kier alpha value is 0.310. The van der Waals surface area contributed by atoms with Gasteiger partial charge in [-0.3, -0.25) is 0 Å². The van der Waals surface area contributed by atoms with Gasteiger partial charge in [-0.1, -0.05) is 46.0 Å². The fourth-order valence-corrected chi connectivity index (χ4v) is 3.17. The first kappa shape index (κ1) is 13.4. The van der Waals surface area contributed by atoms with Crippen molar-refractivity contribution in [2.75, 3.05) is 12.4 Å². The molecule has 0 radical (unpaired) electrons. The van der Waals surface area contributed by atoms with Crippen molar-refractivity contribution in [1.82, 2.24) is 0 Å². The lowest BCUT2D eigenvalue weighted by Crippen LogP contribution is -2.01. The van der Waals surface area contributed by atoms with Gasteiger partial charge in [-0.15, -0.1) is 11.8 Å². The van der Waals surface area contributed by atoms with Gasteiger partial charge in [0.1, 0.15) is 5.44 Å². The van der Waals surface area contributed by atoms with Crippen molar-refractivity contribution < 1.29 is 4.74 Å². The average Bonchev–Trinajstić information content (AvgIpc) is 2.70. The zero-order chi connectivity index (χ0) is 10.9. The van der Waals surface area contributed by atoms with Crippen LogP contribution < -0.4 is 0 Å². The molecule has 0 aromatic carbocycles. The summed E-state index contributed by atoms with van der Waals surface area (Å²) in [5, 5.41) is 0. The molecule has 1 heterocycles. The van der Waals surface area contributed by atoms with E-state index in [4.69, 9.17) is 4.74 Å². The minimum absolute atomic E-state index is 0.526. The van der Waals surface area contributed by atoms with Crippen molar-refractivity contribution in [3.8, 4) is 0 Å². The van der Waals surface area contributed by atoms with E-state index >= 15 is 0 Å². The lowest BCUT2D eigenvalue weighted by molar-refractivity contribution is 0.135. The Morgan fingerprint density at radius 1 is 1.27 bits per heavy atom. The fraction of sp³-hybridized carbons (Fsp3) is 1.00. The van der Waals surface area contributed by atoms with Crippen LogP contribution in [0.4, 0.5) is 0 Å². The average molecular weight is 230 g/mol. The highest BCUT2D eigenvalue weighted by molar-refractivity contribution is 7.99. The maximum atomic E-state index is 5.58. The second-order valence-electron chi connectivity index (χ2n) is 4.70. The van der Waals surface area contributed by atoms with Gasteiger partial charge in [0, 0.05) is 5.75 Å². The lowest BCUT2D eigenvalue weighted by Gasteiger charge is -2.10. The summed E-state index contributed by atoms with van der Waals surface area (Å²) < 4.78 is 5.58. The number of unbranched alkanes of at least 4 members (excludes halogenated alkanes) is 2. The van der Waals surface area contributed by atoms with Gasteiger partial charge < -0.3 is 4.74 Å². The summed E-state index contributed by atoms with van der Waals surface area (Å²) in [6.45, 7) is 5.65. The summed E-state index contributed by atoms with van der Waals surface area (Å²) in [7, 11) is 0. The van der Waals surface area contributed by atoms with Crippen molar-refractivity contribution >= 4 is 11.8 Å². The van der Waals surface area contributed by atoms with Gasteiger partial charge in [-0.2, -0.15) is 0 Å². The number of thioether (sulfide) groups is 1. The lowest BCUT2D eigenvalue weighted by atomic mass is 9.98. The molecule has 0 spiro atoms. The molecule has 1 saturated heterocycles. The normalized spacial score (nSPS) is 23.2. The van der Waals surface area contributed by atoms with Crippen molar-refractivity contribution in [3.05, 3.63) is 0 Å². The Morgan fingerprint density at radius 2 is 2.13 bits per heavy atom. The van der Waals surface area contributed by atoms with Gasteiger partial charge in [0.15, 0.2) is 0 Å². The minimum atomic E-state index is 0.526. The molecule has 2 unspecified atom stereocenters. The van der Waals surface area contributed by atoms with Crippen LogP contribution in [0, 0.1) is 5.92 Å². The molecule has 0 bridgehead atoms. The summed E-state index contributed by atoms with van der Waals surface area (Å²) >= 11 is 1.99. The number of hydrogen-bond acceptors (Lipinski definition) is 2. The minimum Gasteiger partial charge on any atom is -0.367 e. The van der Waals surface area contributed by atoms with E-state index in [1.54, 1.807) is 0 Å². The van der Waals surface area contributed by atoms with Gasteiger partial charge in [-0.25, -0.2) is 0 Å². The third kappa shape index (κ3) is 6.47. The molecule has 0 saturated carbocycles. The Bertz CT molecular complexity index is 143. The molecule has 90 valence electrons. The highest BCUT2D eigenvalue weighted by atomic mass is 32.2. The standard InChI is InChI=1S/C13H26OS/c1-3-7-12(2)8-5-4-6-9-13-14-10-11-15-13/h12-13H,3-11H2,1-2H3. The molecular formula is C13H26OS. The van der Waals surface area contributed by atoms with Crippen LogP contribution in [0.2, 0.25) is 0 Å². The monoisotopic (exact) mass is 230 g/mol. The van der Waals surface area contributed by atoms with Crippen LogP contribution >= 0.6 is 11.8 Å². The highest BCUT2D eigenvalue weighted by Crippen LogP contribution is 2.25. The summed E-state index contributed by atoms with van der Waals surface area (Å²) in [6, 6.07) is 0. The maximum Gasteiger partial charge on any atom is 0.103 e. The molecule has 1 nitrogen and oxygen atoms in total. The molecule has 1 fully saturated rings. The van der Waals surface area contributed by atoms with Crippen LogP contribution in [-0.2, 0) is 4.74 Å². The second-order valence-corrected chi connectivity index (χ2v) is 5.97. The van der Waals surface area contributed by atoms with Crippen LogP contribution in [0.15, 0.2) is 0 Å². The second kappa shape index (κ2) is 8.46. The summed E-state index contributed by atoms with van der Waals surface area (Å²) in [6.07, 6.45) is 9.61. The van der Waals surface area contributed by atoms with Crippen LogP contribution in [0.25, 0.3) is 0 Å². The van der Waals surface area contributed by atoms with Crippen LogP contribution in [-0.4, -0.2) is 17.8 Å². The SMILES string of the molecule is CCCC(C)CCCCCC1OCCS1. The predicted octanol–water partition coefficient (Wildman–Crippen LogP) is 4.46. The first-order valence-corrected chi connectivity index (χ1v) is 7.61. The maximum absolute atomic E-state index is 5.58. The third-order valence-electron chi connectivity index (χ3n) is 3.11. The molecule has 15 heavy (non-hydrogen) atoms. The molecule has 2 heteroatoms. The number of ether oxygens (including phenoxy) is 1. The highest BCUT2D eigenvalue weighted by Gasteiger charge is 2.14. The van der Waals surface area contributed by atoms with E-state index in [0.717, 1.165) is 12.5 Å². The quantitative estimate of drug-likeness (QED) is 0.569. The van der Waals surface area contributed by atoms with Gasteiger partial charge in [0.05, 0.1) is 6.61 Å². The van der Waals surface area contributed by atoms with Gasteiger partial charge in [-0.05, 0) is 18.8 Å². The van der Waals surface area contributed by atoms with Crippen molar-refractivity contribution in [2.24, 2.45) is 5.92 Å². The van der Waals surface area contributed by atoms with Gasteiger partial charge >= 0.3 is 0 Å². The Balaban J connectivity index is 1.84. The molecule has 0 aliphatic carbocycles. The van der Waals surface area contributed by atoms with E-state index in [0.29, 0.717) is 5.44 Å². The molecule has 2 atom stereocenters. The largest absolute Gasteiger partial charge is 0.367 e. The van der Waals surface area contributed by atoms with Gasteiger partial charge in [0.2, 0.25) is 0 Å². The number of hydrogen-bond donors (Lipinski definition) is 0. The van der Waals surface area contributed by atoms with Crippen LogP contribution in [0.5, 0.6) is 0 Å². The predicted molar refractivity (Wildman–Crippen MR) is 69.4 cm³/mol. The molecule has 0 aromatic rings. The Morgan fingerprint density at radius 3 is 2.80 bits per heavy atom. The zero-order valence-electron chi connectivity index (χ0n) is 10.3. The molecular weight excluding hydrogens is 204 g/mol. The van der Waals surface area contributed by atoms with Crippen molar-refractivity contribution in [2.45, 2.75) is 64.2 Å². The molecule has 1 aliphatic rings. The first-order valence-electron chi connectivity index (χ1n) is 6.56. The van der Waals surface area contributed by atoms with E-state index in [9.17, 15) is 0 Å². The molecule has 1 rings (SSSR count). The third-order valence-corrected chi connectivity index (χ3v) is 4.25. The molecule has 1 aliphatic heterocycles. The van der Waals surface area contributed by atoms with Gasteiger partial charge in [0.25, 0.3) is 0 Å². The molecule has 0 N–H and O–H groups in total. The van der Waals surface area contributed by atoms with E-state index in [1.807, 2.05) is 11.8 Å². The van der Waals surface area contributed by atoms with E-state index in [1.165, 1.54) is 50.7 Å². The fourth-order valence-electron chi connectivity index (χ4n) is 2.19. The summed E-state index contributed by atoms with van der Waals surface area (Å²) in [4.78, 5) is 0. The van der Waals surface area contributed by atoms with E-state index in [2.05, 4.69) is 13.8 Å². The van der Waals surface area contributed by atoms with Crippen molar-refractivity contribution in [3.63, 3.8) is 0 Å². The van der Waals surface area contributed by atoms with Crippen LogP contribution in [0.3, 0.4) is 0 Å². The number of rotatable bonds is 8. The summed E-state index contributed by atoms with van der Waals surface area (Å²) in [5.41, 5.74) is 0.526. The Labute approximate surface area is 99.3 Å². The molecule has 0 aromatic heterocycles. The first-order chi connectivity index (χ1) is 7.33. The topological polar surface area (TPSA) is 9.23 Å². The molecule has 0 amide bonds. The Kier molecular flexibility index (Phi) is 7.54. The smallest absolute Gasteiger partial charge is 0.103 e. The van der Waals surface area contributed by atoms with E-state index < -0.39 is 0 Å². The zero-order valence-corrected chi connectivity index (χ0v) is 11.2. The van der Waals surface area contributed by atoms with Crippen molar-refractivity contribution in [1.29, 1.82) is 0 Å². The van der Waals surface area contributed by atoms with Crippen LogP contribution in [0.1, 0.15) is 58.8 Å².